The van der Waals surface area contributed by atoms with Crippen LogP contribution in [-0.4, -0.2) is 29.4 Å². The summed E-state index contributed by atoms with van der Waals surface area (Å²) in [7, 11) is -4.12. The van der Waals surface area contributed by atoms with Crippen molar-refractivity contribution in [2.24, 2.45) is 0 Å². The van der Waals surface area contributed by atoms with Gasteiger partial charge in [-0.2, -0.15) is 0 Å². The van der Waals surface area contributed by atoms with Crippen molar-refractivity contribution >= 4 is 10.1 Å². The smallest absolute Gasteiger partial charge is 0.748 e. The van der Waals surface area contributed by atoms with Gasteiger partial charge in [-0.3, -0.25) is 0 Å². The van der Waals surface area contributed by atoms with Gasteiger partial charge in [0.15, 0.2) is 0 Å². The van der Waals surface area contributed by atoms with E-state index < -0.39 is 15.4 Å². The zero-order valence-corrected chi connectivity index (χ0v) is 21.1. The Morgan fingerprint density at radius 1 is 0.704 bits per heavy atom. The molecule has 0 aromatic heterocycles. The van der Waals surface area contributed by atoms with E-state index in [4.69, 9.17) is 0 Å². The van der Waals surface area contributed by atoms with Gasteiger partial charge >= 0.3 is 29.6 Å². The second-order valence-electron chi connectivity index (χ2n) is 7.79. The van der Waals surface area contributed by atoms with Gasteiger partial charge in [0, 0.05) is 5.25 Å². The summed E-state index contributed by atoms with van der Waals surface area (Å²) in [5.74, 6) is 0. The van der Waals surface area contributed by atoms with E-state index in [9.17, 15) is 18.1 Å². The Balaban J connectivity index is 0. The minimum Gasteiger partial charge on any atom is -0.748 e. The Kier molecular flexibility index (Phi) is 22.4. The SMILES string of the molecule is CCCCC(CCCCCCCCCCCCCC(O)CC)S(=O)(=O)[O-].[Na+]. The van der Waals surface area contributed by atoms with Crippen molar-refractivity contribution in [3.63, 3.8) is 0 Å². The van der Waals surface area contributed by atoms with Crippen LogP contribution < -0.4 is 29.6 Å². The molecule has 6 heteroatoms. The van der Waals surface area contributed by atoms with Crippen molar-refractivity contribution in [2.75, 3.05) is 0 Å². The number of hydrogen-bond donors (Lipinski definition) is 1. The van der Waals surface area contributed by atoms with Crippen LogP contribution in [0.3, 0.4) is 0 Å². The standard InChI is InChI=1S/C21H44O4S.Na/c1-3-5-18-21(26(23,24)25)19-16-14-12-10-8-6-7-9-11-13-15-17-20(22)4-2;/h20-22H,3-19H2,1-2H3,(H,23,24,25);/q;+1/p-1. The predicted octanol–water partition coefficient (Wildman–Crippen LogP) is 2.94. The molecule has 0 aliphatic heterocycles. The number of hydrogen-bond acceptors (Lipinski definition) is 4. The molecule has 0 bridgehead atoms. The number of aliphatic hydroxyl groups excluding tert-OH is 1. The molecular formula is C21H43NaO4S. The van der Waals surface area contributed by atoms with Crippen LogP contribution >= 0.6 is 0 Å². The zero-order valence-electron chi connectivity index (χ0n) is 18.3. The van der Waals surface area contributed by atoms with E-state index >= 15 is 0 Å². The summed E-state index contributed by atoms with van der Waals surface area (Å²) in [6.07, 6.45) is 17.6. The summed E-state index contributed by atoms with van der Waals surface area (Å²) in [6.45, 7) is 4.05. The number of unbranched alkanes of at least 4 members (excludes halogenated alkanes) is 11. The normalized spacial score (nSPS) is 13.9. The molecule has 0 heterocycles. The second kappa shape index (κ2) is 20.2. The molecule has 0 saturated carbocycles. The van der Waals surface area contributed by atoms with E-state index in [1.807, 2.05) is 13.8 Å². The van der Waals surface area contributed by atoms with E-state index in [2.05, 4.69) is 0 Å². The van der Waals surface area contributed by atoms with Crippen LogP contribution in [0.25, 0.3) is 0 Å². The van der Waals surface area contributed by atoms with Crippen molar-refractivity contribution in [1.29, 1.82) is 0 Å². The van der Waals surface area contributed by atoms with Gasteiger partial charge in [0.05, 0.1) is 16.2 Å². The Bertz CT molecular complexity index is 401. The second-order valence-corrected chi connectivity index (χ2v) is 9.44. The Morgan fingerprint density at radius 3 is 1.44 bits per heavy atom. The quantitative estimate of drug-likeness (QED) is 0.200. The minimum absolute atomic E-state index is 0. The molecule has 2 atom stereocenters. The van der Waals surface area contributed by atoms with Crippen LogP contribution in [-0.2, 0) is 10.1 Å². The monoisotopic (exact) mass is 414 g/mol. The van der Waals surface area contributed by atoms with Gasteiger partial charge in [-0.05, 0) is 25.7 Å². The maximum Gasteiger partial charge on any atom is 1.00 e. The fourth-order valence-electron chi connectivity index (χ4n) is 3.41. The summed E-state index contributed by atoms with van der Waals surface area (Å²) in [6, 6.07) is 0. The molecule has 2 unspecified atom stereocenters. The molecule has 0 saturated heterocycles. The van der Waals surface area contributed by atoms with Crippen LogP contribution in [0.15, 0.2) is 0 Å². The first-order valence-corrected chi connectivity index (χ1v) is 12.5. The van der Waals surface area contributed by atoms with E-state index in [1.165, 1.54) is 44.9 Å². The largest absolute Gasteiger partial charge is 1.00 e. The molecule has 4 nitrogen and oxygen atoms in total. The average molecular weight is 415 g/mol. The van der Waals surface area contributed by atoms with Gasteiger partial charge in [-0.1, -0.05) is 97.3 Å². The summed E-state index contributed by atoms with van der Waals surface area (Å²) in [5.41, 5.74) is 0. The molecule has 0 rings (SSSR count). The van der Waals surface area contributed by atoms with Gasteiger partial charge in [0.1, 0.15) is 0 Å². The van der Waals surface area contributed by atoms with Crippen molar-refractivity contribution < 1.29 is 47.6 Å². The van der Waals surface area contributed by atoms with Crippen molar-refractivity contribution in [3.8, 4) is 0 Å². The van der Waals surface area contributed by atoms with Gasteiger partial charge in [-0.25, -0.2) is 8.42 Å². The molecule has 1 N–H and O–H groups in total. The summed E-state index contributed by atoms with van der Waals surface area (Å²) in [4.78, 5) is 0. The summed E-state index contributed by atoms with van der Waals surface area (Å²) >= 11 is 0. The van der Waals surface area contributed by atoms with Crippen LogP contribution in [0.1, 0.15) is 123 Å². The third-order valence-electron chi connectivity index (χ3n) is 5.32. The van der Waals surface area contributed by atoms with Gasteiger partial charge in [0.25, 0.3) is 0 Å². The molecule has 0 aliphatic carbocycles. The maximum absolute atomic E-state index is 11.3. The molecular weight excluding hydrogens is 371 g/mol. The Hall–Kier alpha value is 0.870. The van der Waals surface area contributed by atoms with Crippen molar-refractivity contribution in [3.05, 3.63) is 0 Å². The zero-order chi connectivity index (χ0) is 19.7. The predicted molar refractivity (Wildman–Crippen MR) is 109 cm³/mol. The Morgan fingerprint density at radius 2 is 1.07 bits per heavy atom. The molecule has 0 aromatic carbocycles. The van der Waals surface area contributed by atoms with E-state index in [0.717, 1.165) is 51.4 Å². The third-order valence-corrected chi connectivity index (χ3v) is 6.61. The van der Waals surface area contributed by atoms with Crippen LogP contribution in [0, 0.1) is 0 Å². The van der Waals surface area contributed by atoms with E-state index in [1.54, 1.807) is 0 Å². The van der Waals surface area contributed by atoms with Crippen molar-refractivity contribution in [1.82, 2.24) is 0 Å². The van der Waals surface area contributed by atoms with Crippen LogP contribution in [0.5, 0.6) is 0 Å². The fraction of sp³-hybridized carbons (Fsp3) is 1.00. The van der Waals surface area contributed by atoms with Crippen LogP contribution in [0.4, 0.5) is 0 Å². The number of rotatable bonds is 19. The molecule has 0 amide bonds. The summed E-state index contributed by atoms with van der Waals surface area (Å²) in [5, 5.41) is 8.82. The first-order valence-electron chi connectivity index (χ1n) is 11.0. The molecule has 0 aromatic rings. The van der Waals surface area contributed by atoms with Gasteiger partial charge < -0.3 is 9.66 Å². The van der Waals surface area contributed by atoms with E-state index in [-0.39, 0.29) is 35.7 Å². The fourth-order valence-corrected chi connectivity index (χ4v) is 4.32. The van der Waals surface area contributed by atoms with Gasteiger partial charge in [0.2, 0.25) is 0 Å². The molecule has 27 heavy (non-hydrogen) atoms. The minimum atomic E-state index is -4.12. The Labute approximate surface area is 191 Å². The average Bonchev–Trinajstić information content (AvgIpc) is 2.60. The molecule has 0 aliphatic rings. The van der Waals surface area contributed by atoms with Crippen LogP contribution in [0.2, 0.25) is 0 Å². The third kappa shape index (κ3) is 19.9. The molecule has 0 spiro atoms. The topological polar surface area (TPSA) is 77.4 Å². The number of aliphatic hydroxyl groups is 1. The summed E-state index contributed by atoms with van der Waals surface area (Å²) < 4.78 is 33.8. The maximum atomic E-state index is 11.3. The molecule has 0 radical (unpaired) electrons. The first-order chi connectivity index (χ1) is 12.4. The van der Waals surface area contributed by atoms with E-state index in [0.29, 0.717) is 12.8 Å². The van der Waals surface area contributed by atoms with Crippen molar-refractivity contribution in [2.45, 2.75) is 134 Å². The molecule has 158 valence electrons. The first kappa shape index (κ1) is 30.1. The molecule has 0 fully saturated rings. The van der Waals surface area contributed by atoms with Gasteiger partial charge in [-0.15, -0.1) is 0 Å².